The first kappa shape index (κ1) is 29.8. The molecule has 0 aromatic heterocycles. The number of hydrazone groups is 1. The van der Waals surface area contributed by atoms with Crippen LogP contribution in [0.15, 0.2) is 93.3 Å². The van der Waals surface area contributed by atoms with E-state index in [1.807, 2.05) is 0 Å². The van der Waals surface area contributed by atoms with E-state index in [0.29, 0.717) is 13.2 Å². The first-order valence-corrected chi connectivity index (χ1v) is 18.2. The van der Waals surface area contributed by atoms with Crippen molar-refractivity contribution in [3.63, 3.8) is 0 Å². The molecule has 3 aliphatic heterocycles. The van der Waals surface area contributed by atoms with Crippen molar-refractivity contribution in [2.75, 3.05) is 43.0 Å². The molecule has 0 unspecified atom stereocenters. The highest BCUT2D eigenvalue weighted by Crippen LogP contribution is 2.71. The molecule has 0 aliphatic carbocycles. The third-order valence-electron chi connectivity index (χ3n) is 7.94. The zero-order valence-electron chi connectivity index (χ0n) is 23.2. The molecule has 0 N–H and O–H groups in total. The molecule has 1 atom stereocenters. The van der Waals surface area contributed by atoms with Crippen LogP contribution in [0, 0.1) is 6.92 Å². The lowest BCUT2D eigenvalue weighted by atomic mass is 9.84. The quantitative estimate of drug-likeness (QED) is 0.247. The third-order valence-corrected chi connectivity index (χ3v) is 13.5. The molecule has 11 heteroatoms. The Bertz CT molecular complexity index is 1620. The Hall–Kier alpha value is -1.26. The van der Waals surface area contributed by atoms with Crippen LogP contribution in [0.25, 0.3) is 0 Å². The first-order chi connectivity index (χ1) is 19.5. The second kappa shape index (κ2) is 11.3. The Morgan fingerprint density at radius 3 is 2.27 bits per heavy atom. The Morgan fingerprint density at radius 1 is 0.902 bits per heavy atom. The zero-order valence-corrected chi connectivity index (χ0v) is 30.4. The van der Waals surface area contributed by atoms with E-state index in [-0.39, 0.29) is 5.41 Å². The summed E-state index contributed by atoms with van der Waals surface area (Å²) in [5.41, 5.74) is 6.49. The molecule has 214 valence electrons. The zero-order chi connectivity index (χ0) is 29.1. The topological polar surface area (TPSA) is 43.7 Å². The van der Waals surface area contributed by atoms with Crippen LogP contribution in [0.1, 0.15) is 25.0 Å². The van der Waals surface area contributed by atoms with Crippen LogP contribution in [0.5, 0.6) is 0 Å². The van der Waals surface area contributed by atoms with Crippen LogP contribution in [0.3, 0.4) is 0 Å². The normalized spacial score (nSPS) is 23.8. The minimum atomic E-state index is -2.72. The van der Waals surface area contributed by atoms with E-state index < -0.39 is 7.36 Å². The van der Waals surface area contributed by atoms with Gasteiger partial charge in [0, 0.05) is 54.8 Å². The fraction of sp³-hybridized carbons (Fsp3) is 0.300. The van der Waals surface area contributed by atoms with Crippen LogP contribution >= 0.6 is 71.1 Å². The fourth-order valence-electron chi connectivity index (χ4n) is 6.05. The van der Waals surface area contributed by atoms with Crippen molar-refractivity contribution in [2.45, 2.75) is 26.2 Å². The molecule has 3 aliphatic rings. The number of hydrogen-bond acceptors (Lipinski definition) is 4. The number of aryl methyl sites for hydroxylation is 1. The molecule has 3 aromatic carbocycles. The number of likely N-dealkylation sites (N-methyl/N-ethyl adjacent to an activating group) is 1. The summed E-state index contributed by atoms with van der Waals surface area (Å²) in [5.74, 6) is 0. The molecule has 1 saturated heterocycles. The summed E-state index contributed by atoms with van der Waals surface area (Å²) < 4.78 is 20.5. The number of allylic oxidation sites excluding steroid dienone is 2. The van der Waals surface area contributed by atoms with Gasteiger partial charge in [0.2, 0.25) is 0 Å². The summed E-state index contributed by atoms with van der Waals surface area (Å²) in [7, 11) is -0.547. The van der Waals surface area contributed by atoms with Gasteiger partial charge in [0.1, 0.15) is 0 Å². The van der Waals surface area contributed by atoms with Gasteiger partial charge in [-0.05, 0) is 88.6 Å². The van der Waals surface area contributed by atoms with Gasteiger partial charge in [-0.3, -0.25) is 0 Å². The van der Waals surface area contributed by atoms with Crippen molar-refractivity contribution in [1.82, 2.24) is 4.67 Å². The number of benzene rings is 3. The molecule has 0 bridgehead atoms. The van der Waals surface area contributed by atoms with Crippen LogP contribution in [-0.4, -0.2) is 44.2 Å². The van der Waals surface area contributed by atoms with E-state index in [1.54, 1.807) is 0 Å². The largest absolute Gasteiger partial charge is 0.379 e. The summed E-state index contributed by atoms with van der Waals surface area (Å²) in [6, 6.07) is 19.2. The van der Waals surface area contributed by atoms with E-state index >= 15 is 0 Å². The highest BCUT2D eigenvalue weighted by molar-refractivity contribution is 9.11. The van der Waals surface area contributed by atoms with Crippen LogP contribution in [-0.2, 0) is 10.2 Å². The van der Waals surface area contributed by atoms with Crippen molar-refractivity contribution in [1.29, 1.82) is 0 Å². The van der Waals surface area contributed by atoms with Gasteiger partial charge in [-0.25, -0.2) is 14.2 Å². The number of ether oxygens (including phenoxy) is 1. The molecular weight excluding hydrogens is 797 g/mol. The van der Waals surface area contributed by atoms with Crippen molar-refractivity contribution in [2.24, 2.45) is 9.85 Å². The number of halogens is 4. The molecule has 0 spiro atoms. The number of nitrogens with zero attached hydrogens (tertiary/aromatic N) is 5. The van der Waals surface area contributed by atoms with Gasteiger partial charge >= 0.3 is 0 Å². The maximum atomic E-state index is 5.88. The highest BCUT2D eigenvalue weighted by atomic mass is 79.9. The maximum absolute atomic E-state index is 5.88. The molecule has 6 nitrogen and oxygen atoms in total. The predicted molar refractivity (Wildman–Crippen MR) is 186 cm³/mol. The molecule has 0 radical (unpaired) electrons. The smallest absolute Gasteiger partial charge is 0.180 e. The van der Waals surface area contributed by atoms with Gasteiger partial charge in [0.15, 0.2) is 7.36 Å². The number of morpholine rings is 1. The number of hydrogen-bond donors (Lipinski definition) is 0. The van der Waals surface area contributed by atoms with E-state index in [9.17, 15) is 0 Å². The summed E-state index contributed by atoms with van der Waals surface area (Å²) in [6.45, 7) is 9.59. The van der Waals surface area contributed by atoms with Gasteiger partial charge in [-0.1, -0.05) is 61.6 Å². The van der Waals surface area contributed by atoms with E-state index in [1.165, 1.54) is 16.9 Å². The minimum absolute atomic E-state index is 0.274. The Labute approximate surface area is 275 Å². The lowest BCUT2D eigenvalue weighted by Crippen LogP contribution is -2.38. The third kappa shape index (κ3) is 5.05. The minimum Gasteiger partial charge on any atom is -0.379 e. The van der Waals surface area contributed by atoms with Crippen LogP contribution in [0.2, 0.25) is 0 Å². The van der Waals surface area contributed by atoms with E-state index in [0.717, 1.165) is 53.2 Å². The van der Waals surface area contributed by atoms with Gasteiger partial charge in [0.05, 0.1) is 36.1 Å². The molecule has 41 heavy (non-hydrogen) atoms. The predicted octanol–water partition coefficient (Wildman–Crippen LogP) is 10.2. The molecule has 6 rings (SSSR count). The van der Waals surface area contributed by atoms with Crippen LogP contribution < -0.4 is 9.68 Å². The van der Waals surface area contributed by atoms with Gasteiger partial charge in [-0.2, -0.15) is 5.10 Å². The van der Waals surface area contributed by atoms with Crippen LogP contribution in [0.4, 0.5) is 17.1 Å². The average molecular weight is 827 g/mol. The lowest BCUT2D eigenvalue weighted by molar-refractivity contribution is 0.0743. The molecular formula is C30H30Br4N5OP. The molecule has 0 amide bonds. The fourth-order valence-corrected chi connectivity index (χ4v) is 12.2. The van der Waals surface area contributed by atoms with Gasteiger partial charge in [-0.15, -0.1) is 0 Å². The summed E-state index contributed by atoms with van der Waals surface area (Å²) >= 11 is 14.9. The molecule has 0 saturated carbocycles. The van der Waals surface area contributed by atoms with Crippen molar-refractivity contribution >= 4 is 94.4 Å². The van der Waals surface area contributed by atoms with Gasteiger partial charge in [0.25, 0.3) is 0 Å². The van der Waals surface area contributed by atoms with Crippen molar-refractivity contribution in [3.05, 3.63) is 94.6 Å². The van der Waals surface area contributed by atoms with Crippen molar-refractivity contribution in [3.8, 4) is 0 Å². The van der Waals surface area contributed by atoms with E-state index in [4.69, 9.17) is 14.6 Å². The Kier molecular flexibility index (Phi) is 8.24. The second-order valence-electron chi connectivity index (χ2n) is 10.9. The standard InChI is InChI=1S/C30H30Br4N5OP/c1-19-15-22(33)17-25(34)28(19)36-41(38-11-13-40-14-12-38)27(18-35-39(41)23-8-5-20(31)6-9-23)29-30(2,3)24-16-21(32)7-10-26(24)37(29)4/h5-10,15-18H,11-14H2,1-4H3/b29-27+/t41-/m0/s1. The van der Waals surface area contributed by atoms with Gasteiger partial charge < -0.3 is 9.64 Å². The molecule has 1 fully saturated rings. The Balaban J connectivity index is 1.72. The average Bonchev–Trinajstić information content (AvgIpc) is 3.39. The summed E-state index contributed by atoms with van der Waals surface area (Å²) in [6.07, 6.45) is 2.07. The number of rotatable bonds is 3. The maximum Gasteiger partial charge on any atom is 0.180 e. The monoisotopic (exact) mass is 823 g/mol. The van der Waals surface area contributed by atoms with E-state index in [2.05, 4.69) is 167 Å². The first-order valence-electron chi connectivity index (χ1n) is 13.3. The summed E-state index contributed by atoms with van der Waals surface area (Å²) in [5, 5.41) is 6.35. The number of fused-ring (bicyclic) bond motifs is 1. The lowest BCUT2D eigenvalue weighted by Gasteiger charge is -2.43. The molecule has 3 heterocycles. The molecule has 3 aromatic rings. The number of anilines is 2. The Morgan fingerprint density at radius 2 is 1.59 bits per heavy atom. The summed E-state index contributed by atoms with van der Waals surface area (Å²) in [4.78, 5) is 2.35. The highest BCUT2D eigenvalue weighted by Gasteiger charge is 2.50. The van der Waals surface area contributed by atoms with Crippen molar-refractivity contribution < 1.29 is 4.74 Å². The SMILES string of the molecule is Cc1cc(Br)cc(Br)c1N=[P@]1(N2CCOCC2)/C(=C2/N(C)c3ccc(Br)cc3C2(C)C)C=NN1c1ccc(Br)cc1. The second-order valence-corrected chi connectivity index (χ2v) is 17.2.